The largest absolute Gasteiger partial charge is 0.310 e. The monoisotopic (exact) mass is 290 g/mol. The SMILES string of the molecule is CC12CC3CC(C)(C1)CC(N1CCCNC(C)(C)C1)(C3)C2. The summed E-state index contributed by atoms with van der Waals surface area (Å²) in [5.41, 5.74) is 2.09. The molecule has 0 aromatic rings. The predicted octanol–water partition coefficient (Wildman–Crippen LogP) is 3.81. The minimum absolute atomic E-state index is 0.279. The molecular formula is C19H34N2. The predicted molar refractivity (Wildman–Crippen MR) is 88.4 cm³/mol. The van der Waals surface area contributed by atoms with Crippen LogP contribution in [0.2, 0.25) is 0 Å². The van der Waals surface area contributed by atoms with Gasteiger partial charge in [-0.3, -0.25) is 4.90 Å². The summed E-state index contributed by atoms with van der Waals surface area (Å²) < 4.78 is 0. The second-order valence-electron chi connectivity index (χ2n) is 10.4. The summed E-state index contributed by atoms with van der Waals surface area (Å²) in [6, 6.07) is 0. The quantitative estimate of drug-likeness (QED) is 0.790. The maximum Gasteiger partial charge on any atom is 0.0252 e. The molecular weight excluding hydrogens is 256 g/mol. The van der Waals surface area contributed by atoms with E-state index in [1.165, 1.54) is 64.6 Å². The van der Waals surface area contributed by atoms with E-state index in [1.54, 1.807) is 0 Å². The molecule has 1 aliphatic heterocycles. The van der Waals surface area contributed by atoms with E-state index < -0.39 is 0 Å². The van der Waals surface area contributed by atoms with Crippen LogP contribution in [0.1, 0.15) is 72.6 Å². The van der Waals surface area contributed by atoms with Crippen LogP contribution < -0.4 is 5.32 Å². The van der Waals surface area contributed by atoms with E-state index in [0.717, 1.165) is 5.92 Å². The van der Waals surface area contributed by atoms with Gasteiger partial charge in [-0.25, -0.2) is 0 Å². The van der Waals surface area contributed by atoms with Crippen molar-refractivity contribution >= 4 is 0 Å². The van der Waals surface area contributed by atoms with Crippen molar-refractivity contribution in [3.05, 3.63) is 0 Å². The molecule has 0 radical (unpaired) electrons. The van der Waals surface area contributed by atoms with E-state index in [9.17, 15) is 0 Å². The maximum atomic E-state index is 3.76. The third kappa shape index (κ3) is 2.37. The first-order valence-corrected chi connectivity index (χ1v) is 9.22. The summed E-state index contributed by atoms with van der Waals surface area (Å²) in [5, 5.41) is 3.76. The van der Waals surface area contributed by atoms with Crippen LogP contribution in [0.25, 0.3) is 0 Å². The first-order valence-electron chi connectivity index (χ1n) is 9.22. The molecule has 0 aromatic carbocycles. The van der Waals surface area contributed by atoms with Gasteiger partial charge in [-0.15, -0.1) is 0 Å². The van der Waals surface area contributed by atoms with Crippen molar-refractivity contribution in [3.8, 4) is 0 Å². The molecule has 1 saturated heterocycles. The van der Waals surface area contributed by atoms with Crippen LogP contribution in [-0.2, 0) is 0 Å². The fourth-order valence-electron chi connectivity index (χ4n) is 7.45. The highest BCUT2D eigenvalue weighted by atomic mass is 15.3. The van der Waals surface area contributed by atoms with E-state index in [4.69, 9.17) is 0 Å². The van der Waals surface area contributed by atoms with Gasteiger partial charge in [-0.05, 0) is 88.6 Å². The van der Waals surface area contributed by atoms with Crippen LogP contribution in [-0.4, -0.2) is 35.6 Å². The van der Waals surface area contributed by atoms with Gasteiger partial charge < -0.3 is 5.32 Å². The molecule has 5 aliphatic rings. The zero-order valence-corrected chi connectivity index (χ0v) is 14.6. The molecule has 5 fully saturated rings. The fourth-order valence-corrected chi connectivity index (χ4v) is 7.45. The third-order valence-corrected chi connectivity index (χ3v) is 7.06. The molecule has 4 saturated carbocycles. The van der Waals surface area contributed by atoms with E-state index in [1.807, 2.05) is 0 Å². The summed E-state index contributed by atoms with van der Waals surface area (Å²) >= 11 is 0. The Morgan fingerprint density at radius 2 is 1.57 bits per heavy atom. The minimum atomic E-state index is 0.279. The molecule has 120 valence electrons. The Morgan fingerprint density at radius 3 is 2.19 bits per heavy atom. The molecule has 1 N–H and O–H groups in total. The third-order valence-electron chi connectivity index (χ3n) is 7.06. The molecule has 0 amide bonds. The molecule has 2 heteroatoms. The lowest BCUT2D eigenvalue weighted by atomic mass is 9.42. The summed E-state index contributed by atoms with van der Waals surface area (Å²) in [7, 11) is 0. The van der Waals surface area contributed by atoms with Crippen molar-refractivity contribution in [2.75, 3.05) is 19.6 Å². The lowest BCUT2D eigenvalue weighted by Gasteiger charge is -2.68. The summed E-state index contributed by atoms with van der Waals surface area (Å²) in [5.74, 6) is 1.01. The van der Waals surface area contributed by atoms with Crippen molar-refractivity contribution in [2.24, 2.45) is 16.7 Å². The second kappa shape index (κ2) is 4.26. The zero-order chi connectivity index (χ0) is 14.9. The Morgan fingerprint density at radius 1 is 0.905 bits per heavy atom. The highest BCUT2D eigenvalue weighted by Crippen LogP contribution is 2.67. The smallest absolute Gasteiger partial charge is 0.0252 e. The van der Waals surface area contributed by atoms with Crippen molar-refractivity contribution < 1.29 is 0 Å². The van der Waals surface area contributed by atoms with Crippen molar-refractivity contribution in [1.82, 2.24) is 10.2 Å². The molecule has 2 nitrogen and oxygen atoms in total. The molecule has 0 aromatic heterocycles. The molecule has 2 unspecified atom stereocenters. The summed E-state index contributed by atoms with van der Waals surface area (Å²) in [6.07, 6.45) is 10.3. The average molecular weight is 290 g/mol. The summed E-state index contributed by atoms with van der Waals surface area (Å²) in [4.78, 5) is 2.94. The summed E-state index contributed by atoms with van der Waals surface area (Å²) in [6.45, 7) is 13.8. The van der Waals surface area contributed by atoms with Gasteiger partial charge in [-0.2, -0.15) is 0 Å². The molecule has 5 rings (SSSR count). The molecule has 2 atom stereocenters. The number of nitrogens with zero attached hydrogens (tertiary/aromatic N) is 1. The highest BCUT2D eigenvalue weighted by Gasteiger charge is 2.61. The van der Waals surface area contributed by atoms with Gasteiger partial charge in [0, 0.05) is 17.6 Å². The standard InChI is InChI=1S/C19H34N2/c1-16(2)14-21(7-5-6-20-16)19-10-15-8-17(3,12-19)11-18(4,9-15)13-19/h15,20H,5-14H2,1-4H3. The van der Waals surface area contributed by atoms with Crippen LogP contribution in [0.3, 0.4) is 0 Å². The van der Waals surface area contributed by atoms with E-state index in [-0.39, 0.29) is 5.54 Å². The van der Waals surface area contributed by atoms with E-state index in [0.29, 0.717) is 16.4 Å². The number of hydrogen-bond donors (Lipinski definition) is 1. The van der Waals surface area contributed by atoms with Gasteiger partial charge in [0.2, 0.25) is 0 Å². The fraction of sp³-hybridized carbons (Fsp3) is 1.00. The van der Waals surface area contributed by atoms with Crippen molar-refractivity contribution in [3.63, 3.8) is 0 Å². The van der Waals surface area contributed by atoms with Gasteiger partial charge in [0.1, 0.15) is 0 Å². The first-order chi connectivity index (χ1) is 9.72. The highest BCUT2D eigenvalue weighted by molar-refractivity contribution is 5.15. The number of rotatable bonds is 1. The Kier molecular flexibility index (Phi) is 2.94. The van der Waals surface area contributed by atoms with Gasteiger partial charge in [0.15, 0.2) is 0 Å². The first kappa shape index (κ1) is 14.5. The number of nitrogens with one attached hydrogen (secondary N) is 1. The topological polar surface area (TPSA) is 15.3 Å². The minimum Gasteiger partial charge on any atom is -0.310 e. The Hall–Kier alpha value is -0.0800. The van der Waals surface area contributed by atoms with Crippen LogP contribution >= 0.6 is 0 Å². The Labute approximate surface area is 131 Å². The van der Waals surface area contributed by atoms with Gasteiger partial charge in [-0.1, -0.05) is 13.8 Å². The second-order valence-corrected chi connectivity index (χ2v) is 10.4. The van der Waals surface area contributed by atoms with E-state index in [2.05, 4.69) is 37.9 Å². The molecule has 4 bridgehead atoms. The van der Waals surface area contributed by atoms with Crippen LogP contribution in [0.15, 0.2) is 0 Å². The lowest BCUT2D eigenvalue weighted by molar-refractivity contribution is -0.163. The van der Waals surface area contributed by atoms with Crippen molar-refractivity contribution in [1.29, 1.82) is 0 Å². The molecule has 0 spiro atoms. The van der Waals surface area contributed by atoms with Gasteiger partial charge in [0.05, 0.1) is 0 Å². The average Bonchev–Trinajstić information content (AvgIpc) is 2.45. The molecule has 4 aliphatic carbocycles. The molecule has 21 heavy (non-hydrogen) atoms. The Balaban J connectivity index is 1.67. The lowest BCUT2D eigenvalue weighted by Crippen LogP contribution is -2.66. The van der Waals surface area contributed by atoms with E-state index >= 15 is 0 Å². The van der Waals surface area contributed by atoms with Crippen LogP contribution in [0, 0.1) is 16.7 Å². The maximum absolute atomic E-state index is 3.76. The van der Waals surface area contributed by atoms with Crippen LogP contribution in [0.5, 0.6) is 0 Å². The normalized spacial score (nSPS) is 52.9. The number of hydrogen-bond acceptors (Lipinski definition) is 2. The van der Waals surface area contributed by atoms with Gasteiger partial charge in [0.25, 0.3) is 0 Å². The molecule has 1 heterocycles. The Bertz CT molecular complexity index is 423. The van der Waals surface area contributed by atoms with Crippen molar-refractivity contribution in [2.45, 2.75) is 83.7 Å². The van der Waals surface area contributed by atoms with Crippen LogP contribution in [0.4, 0.5) is 0 Å². The van der Waals surface area contributed by atoms with Gasteiger partial charge >= 0.3 is 0 Å². The zero-order valence-electron chi connectivity index (χ0n) is 14.6.